The highest BCUT2D eigenvalue weighted by molar-refractivity contribution is 6.15. The van der Waals surface area contributed by atoms with Crippen molar-refractivity contribution in [2.24, 2.45) is 7.05 Å². The van der Waals surface area contributed by atoms with Crippen molar-refractivity contribution in [3.05, 3.63) is 114 Å². The highest BCUT2D eigenvalue weighted by Gasteiger charge is 2.24. The number of pyridine rings is 1. The predicted molar refractivity (Wildman–Crippen MR) is 145 cm³/mol. The van der Waals surface area contributed by atoms with Gasteiger partial charge in [-0.25, -0.2) is 4.39 Å². The first-order chi connectivity index (χ1) is 19.2. The molecule has 6 rings (SSSR count). The Balaban J connectivity index is 1.61. The van der Waals surface area contributed by atoms with Crippen LogP contribution in [0.1, 0.15) is 20.8 Å². The third kappa shape index (κ3) is 3.68. The van der Waals surface area contributed by atoms with Crippen molar-refractivity contribution in [3.8, 4) is 39.6 Å². The molecule has 0 aliphatic rings. The van der Waals surface area contributed by atoms with Gasteiger partial charge in [-0.05, 0) is 53.7 Å². The van der Waals surface area contributed by atoms with Crippen LogP contribution in [0.4, 0.5) is 4.39 Å². The summed E-state index contributed by atoms with van der Waals surface area (Å²) in [4.78, 5) is 0. The summed E-state index contributed by atoms with van der Waals surface area (Å²) in [7, 11) is 1.67. The maximum Gasteiger partial charge on any atom is 0.216 e. The normalized spacial score (nSPS) is 12.8. The molecule has 6 aromatic rings. The van der Waals surface area contributed by atoms with E-state index in [1.54, 1.807) is 17.7 Å². The van der Waals surface area contributed by atoms with Gasteiger partial charge in [0.15, 0.2) is 5.82 Å². The van der Waals surface area contributed by atoms with Crippen LogP contribution >= 0.6 is 0 Å². The smallest absolute Gasteiger partial charge is 0.216 e. The first-order valence-corrected chi connectivity index (χ1v) is 11.9. The number of nitriles is 1. The summed E-state index contributed by atoms with van der Waals surface area (Å²) in [5.41, 5.74) is 7.15. The van der Waals surface area contributed by atoms with Crippen LogP contribution in [-0.4, -0.2) is 0 Å². The molecule has 0 spiro atoms. The second-order valence-electron chi connectivity index (χ2n) is 9.19. The molecular formula is C33H24FN2O+. The second kappa shape index (κ2) is 8.72. The predicted octanol–water partition coefficient (Wildman–Crippen LogP) is 8.04. The number of benzene rings is 4. The van der Waals surface area contributed by atoms with Crippen molar-refractivity contribution in [1.82, 2.24) is 0 Å². The largest absolute Gasteiger partial charge is 0.454 e. The number of aryl methyl sites for hydroxylation is 3. The number of fused-ring (bicyclic) bond motifs is 3. The van der Waals surface area contributed by atoms with Gasteiger partial charge in [0.2, 0.25) is 11.9 Å². The molecular weight excluding hydrogens is 459 g/mol. The topological polar surface area (TPSA) is 40.8 Å². The van der Waals surface area contributed by atoms with Crippen LogP contribution in [0.5, 0.6) is 0 Å². The fourth-order valence-corrected chi connectivity index (χ4v) is 5.02. The monoisotopic (exact) mass is 486 g/mol. The summed E-state index contributed by atoms with van der Waals surface area (Å²) in [5.74, 6) is -0.798. The van der Waals surface area contributed by atoms with Crippen molar-refractivity contribution < 1.29 is 17.5 Å². The van der Waals surface area contributed by atoms with E-state index in [4.69, 9.17) is 8.53 Å². The Morgan fingerprint density at radius 1 is 0.865 bits per heavy atom. The minimum Gasteiger partial charge on any atom is -0.454 e. The molecule has 37 heavy (non-hydrogen) atoms. The zero-order valence-corrected chi connectivity index (χ0v) is 20.3. The molecule has 0 atom stereocenters. The van der Waals surface area contributed by atoms with Crippen LogP contribution in [-0.2, 0) is 7.05 Å². The molecule has 0 aliphatic heterocycles. The molecule has 4 aromatic carbocycles. The van der Waals surface area contributed by atoms with Gasteiger partial charge < -0.3 is 4.42 Å². The Morgan fingerprint density at radius 3 is 2.32 bits per heavy atom. The van der Waals surface area contributed by atoms with Crippen molar-refractivity contribution in [2.45, 2.75) is 13.8 Å². The quantitative estimate of drug-likeness (QED) is 0.238. The molecule has 2 aromatic heterocycles. The Labute approximate surface area is 218 Å². The molecule has 0 unspecified atom stereocenters. The number of aromatic nitrogens is 1. The first kappa shape index (κ1) is 19.4. The second-order valence-corrected chi connectivity index (χ2v) is 9.19. The highest BCUT2D eigenvalue weighted by Crippen LogP contribution is 2.42. The lowest BCUT2D eigenvalue weighted by molar-refractivity contribution is -0.662. The number of nitrogens with zero attached hydrogens (tertiary/aromatic N) is 2. The van der Waals surface area contributed by atoms with E-state index >= 15 is 0 Å². The molecule has 0 N–H and O–H groups in total. The standard InChI is InChI=1S/C33H24FN2O/c1-20-9-15-27-31-25(18-35)14-16-26(24-12-10-23(11-13-24)22-7-5-4-6-8-22)32(31)37-33(27)30(20)29-17-21(2)28(34)19-36(29)3/h4-17,19H,1-3H3/q+1/i2D3. The average Bonchev–Trinajstić information content (AvgIpc) is 3.33. The van der Waals surface area contributed by atoms with Crippen molar-refractivity contribution in [3.63, 3.8) is 0 Å². The minimum atomic E-state index is -2.62. The lowest BCUT2D eigenvalue weighted by Gasteiger charge is -2.07. The molecule has 0 fully saturated rings. The molecule has 4 heteroatoms. The number of halogens is 1. The Kier molecular flexibility index (Phi) is 4.58. The van der Waals surface area contributed by atoms with Crippen molar-refractivity contribution in [1.29, 1.82) is 5.26 Å². The summed E-state index contributed by atoms with van der Waals surface area (Å²) in [6.07, 6.45) is 1.18. The van der Waals surface area contributed by atoms with Crippen LogP contribution in [0.3, 0.4) is 0 Å². The number of hydrogen-bond donors (Lipinski definition) is 0. The van der Waals surface area contributed by atoms with E-state index in [-0.39, 0.29) is 5.56 Å². The Morgan fingerprint density at radius 2 is 1.59 bits per heavy atom. The van der Waals surface area contributed by atoms with E-state index in [1.165, 1.54) is 12.3 Å². The number of hydrogen-bond acceptors (Lipinski definition) is 2. The molecule has 0 radical (unpaired) electrons. The maximum absolute atomic E-state index is 14.7. The number of rotatable bonds is 3. The van der Waals surface area contributed by atoms with Crippen molar-refractivity contribution in [2.75, 3.05) is 0 Å². The molecule has 0 saturated heterocycles. The number of furan rings is 1. The summed E-state index contributed by atoms with van der Waals surface area (Å²) < 4.78 is 46.3. The van der Waals surface area contributed by atoms with Gasteiger partial charge in [0.05, 0.1) is 17.2 Å². The van der Waals surface area contributed by atoms with Crippen LogP contribution < -0.4 is 4.57 Å². The molecule has 0 saturated carbocycles. The van der Waals surface area contributed by atoms with Crippen LogP contribution in [0.15, 0.2) is 95.5 Å². The zero-order chi connectivity index (χ0) is 28.2. The fourth-order valence-electron chi connectivity index (χ4n) is 5.02. The van der Waals surface area contributed by atoms with E-state index in [0.717, 1.165) is 33.2 Å². The van der Waals surface area contributed by atoms with E-state index in [2.05, 4.69) is 30.3 Å². The van der Waals surface area contributed by atoms with Gasteiger partial charge in [-0.2, -0.15) is 9.83 Å². The van der Waals surface area contributed by atoms with Gasteiger partial charge in [0, 0.05) is 26.5 Å². The summed E-state index contributed by atoms with van der Waals surface area (Å²) in [5, 5.41) is 11.4. The van der Waals surface area contributed by atoms with Gasteiger partial charge in [-0.3, -0.25) is 0 Å². The molecule has 2 heterocycles. The van der Waals surface area contributed by atoms with E-state index < -0.39 is 12.7 Å². The zero-order valence-electron chi connectivity index (χ0n) is 23.3. The van der Waals surface area contributed by atoms with Gasteiger partial charge in [0.25, 0.3) is 0 Å². The van der Waals surface area contributed by atoms with E-state index in [0.29, 0.717) is 33.4 Å². The molecule has 0 bridgehead atoms. The van der Waals surface area contributed by atoms with Crippen LogP contribution in [0.2, 0.25) is 0 Å². The van der Waals surface area contributed by atoms with E-state index in [1.807, 2.05) is 55.5 Å². The Hall–Kier alpha value is -4.75. The maximum atomic E-state index is 14.7. The average molecular weight is 487 g/mol. The summed E-state index contributed by atoms with van der Waals surface area (Å²) in [6, 6.07) is 29.5. The SMILES string of the molecule is [2H]C([2H])([2H])c1cc(-c2c(C)ccc3c2oc2c(-c4ccc(-c5ccccc5)cc4)ccc(C#N)c23)[n+](C)cc1F. The van der Waals surface area contributed by atoms with Gasteiger partial charge >= 0.3 is 0 Å². The van der Waals surface area contributed by atoms with Gasteiger partial charge in [0.1, 0.15) is 18.2 Å². The van der Waals surface area contributed by atoms with Gasteiger partial charge in [-0.1, -0.05) is 66.7 Å². The summed E-state index contributed by atoms with van der Waals surface area (Å²) in [6.45, 7) is -0.718. The summed E-state index contributed by atoms with van der Waals surface area (Å²) >= 11 is 0. The minimum absolute atomic E-state index is 0.356. The molecule has 0 aliphatic carbocycles. The highest BCUT2D eigenvalue weighted by atomic mass is 19.1. The third-order valence-corrected chi connectivity index (χ3v) is 6.90. The fraction of sp³-hybridized carbons (Fsp3) is 0.0909. The van der Waals surface area contributed by atoms with Crippen LogP contribution in [0.25, 0.3) is 55.4 Å². The lowest BCUT2D eigenvalue weighted by atomic mass is 9.95. The molecule has 0 amide bonds. The van der Waals surface area contributed by atoms with Crippen molar-refractivity contribution >= 4 is 21.9 Å². The molecule has 3 nitrogen and oxygen atoms in total. The third-order valence-electron chi connectivity index (χ3n) is 6.90. The Bertz CT molecular complexity index is 1970. The lowest BCUT2D eigenvalue weighted by Crippen LogP contribution is -2.31. The first-order valence-electron chi connectivity index (χ1n) is 13.4. The van der Waals surface area contributed by atoms with Crippen LogP contribution in [0, 0.1) is 30.9 Å². The molecule has 178 valence electrons. The van der Waals surface area contributed by atoms with E-state index in [9.17, 15) is 9.65 Å². The van der Waals surface area contributed by atoms with Gasteiger partial charge in [-0.15, -0.1) is 0 Å².